The standard InChI is InChI=1S/C9H20O2/c1-6-9(5,10)11-7-8(2,3)4/h10H,6-7H2,1-5H3. The summed E-state index contributed by atoms with van der Waals surface area (Å²) >= 11 is 0. The Kier molecular flexibility index (Phi) is 3.52. The van der Waals surface area contributed by atoms with Crippen LogP contribution in [0.4, 0.5) is 0 Å². The lowest BCUT2D eigenvalue weighted by Crippen LogP contribution is -2.31. The predicted octanol–water partition coefficient (Wildman–Crippen LogP) is 2.17. The molecule has 0 saturated heterocycles. The van der Waals surface area contributed by atoms with Gasteiger partial charge in [-0.3, -0.25) is 0 Å². The fraction of sp³-hybridized carbons (Fsp3) is 1.00. The fourth-order valence-electron chi connectivity index (χ4n) is 0.474. The second-order valence-electron chi connectivity index (χ2n) is 4.38. The summed E-state index contributed by atoms with van der Waals surface area (Å²) in [5.74, 6) is -0.951. The Hall–Kier alpha value is -0.0800. The maximum Gasteiger partial charge on any atom is 0.162 e. The lowest BCUT2D eigenvalue weighted by Gasteiger charge is -2.27. The summed E-state index contributed by atoms with van der Waals surface area (Å²) in [5.41, 5.74) is 0.124. The van der Waals surface area contributed by atoms with Gasteiger partial charge in [-0.05, 0) is 18.8 Å². The van der Waals surface area contributed by atoms with E-state index in [9.17, 15) is 5.11 Å². The molecule has 0 saturated carbocycles. The molecule has 11 heavy (non-hydrogen) atoms. The van der Waals surface area contributed by atoms with E-state index in [1.54, 1.807) is 6.92 Å². The third-order valence-corrected chi connectivity index (χ3v) is 1.47. The molecule has 0 rings (SSSR count). The van der Waals surface area contributed by atoms with Crippen LogP contribution in [0, 0.1) is 5.41 Å². The molecule has 2 nitrogen and oxygen atoms in total. The van der Waals surface area contributed by atoms with E-state index in [2.05, 4.69) is 20.8 Å². The molecular formula is C9H20O2. The van der Waals surface area contributed by atoms with Crippen molar-refractivity contribution in [3.05, 3.63) is 0 Å². The number of aliphatic hydroxyl groups is 1. The first-order chi connectivity index (χ1) is 4.77. The van der Waals surface area contributed by atoms with Crippen molar-refractivity contribution in [3.8, 4) is 0 Å². The highest BCUT2D eigenvalue weighted by molar-refractivity contribution is 4.63. The van der Waals surface area contributed by atoms with E-state index >= 15 is 0 Å². The summed E-state index contributed by atoms with van der Waals surface area (Å²) in [6, 6.07) is 0. The largest absolute Gasteiger partial charge is 0.366 e. The van der Waals surface area contributed by atoms with E-state index in [-0.39, 0.29) is 5.41 Å². The zero-order valence-electron chi connectivity index (χ0n) is 8.27. The molecule has 0 amide bonds. The van der Waals surface area contributed by atoms with Crippen molar-refractivity contribution in [2.45, 2.75) is 46.8 Å². The monoisotopic (exact) mass is 160 g/mol. The number of ether oxygens (including phenoxy) is 1. The molecule has 0 aromatic carbocycles. The Labute approximate surface area is 69.6 Å². The van der Waals surface area contributed by atoms with E-state index in [1.807, 2.05) is 6.92 Å². The van der Waals surface area contributed by atoms with Gasteiger partial charge in [-0.25, -0.2) is 0 Å². The highest BCUT2D eigenvalue weighted by Gasteiger charge is 2.21. The van der Waals surface area contributed by atoms with Gasteiger partial charge in [0, 0.05) is 0 Å². The molecule has 0 bridgehead atoms. The second-order valence-corrected chi connectivity index (χ2v) is 4.38. The second kappa shape index (κ2) is 3.55. The molecular weight excluding hydrogens is 140 g/mol. The molecule has 0 spiro atoms. The molecule has 0 aliphatic carbocycles. The van der Waals surface area contributed by atoms with Crippen LogP contribution in [0.25, 0.3) is 0 Å². The van der Waals surface area contributed by atoms with Crippen molar-refractivity contribution >= 4 is 0 Å². The summed E-state index contributed by atoms with van der Waals surface area (Å²) in [6.07, 6.45) is 0.628. The van der Waals surface area contributed by atoms with E-state index in [1.165, 1.54) is 0 Å². The quantitative estimate of drug-likeness (QED) is 0.641. The molecule has 0 fully saturated rings. The van der Waals surface area contributed by atoms with Crippen LogP contribution in [0.15, 0.2) is 0 Å². The minimum Gasteiger partial charge on any atom is -0.366 e. The summed E-state index contributed by atoms with van der Waals surface area (Å²) < 4.78 is 5.30. The SMILES string of the molecule is CCC(C)(O)OCC(C)(C)C. The van der Waals surface area contributed by atoms with Crippen LogP contribution in [-0.2, 0) is 4.74 Å². The van der Waals surface area contributed by atoms with Crippen LogP contribution in [0.2, 0.25) is 0 Å². The summed E-state index contributed by atoms with van der Waals surface area (Å²) in [6.45, 7) is 10.4. The Morgan fingerprint density at radius 2 is 1.64 bits per heavy atom. The fourth-order valence-corrected chi connectivity index (χ4v) is 0.474. The zero-order chi connectivity index (χ0) is 9.12. The van der Waals surface area contributed by atoms with Crippen LogP contribution in [0.5, 0.6) is 0 Å². The van der Waals surface area contributed by atoms with Gasteiger partial charge in [-0.1, -0.05) is 27.7 Å². The van der Waals surface area contributed by atoms with Gasteiger partial charge < -0.3 is 9.84 Å². The average molecular weight is 160 g/mol. The van der Waals surface area contributed by atoms with Gasteiger partial charge in [0.2, 0.25) is 0 Å². The molecule has 0 aliphatic rings. The van der Waals surface area contributed by atoms with Gasteiger partial charge in [0.15, 0.2) is 5.79 Å². The summed E-state index contributed by atoms with van der Waals surface area (Å²) in [5, 5.41) is 9.46. The van der Waals surface area contributed by atoms with Crippen LogP contribution in [-0.4, -0.2) is 17.5 Å². The molecule has 0 aromatic rings. The van der Waals surface area contributed by atoms with Gasteiger partial charge in [0.05, 0.1) is 6.61 Å². The molecule has 68 valence electrons. The van der Waals surface area contributed by atoms with Crippen molar-refractivity contribution < 1.29 is 9.84 Å². The van der Waals surface area contributed by atoms with Crippen molar-refractivity contribution in [2.75, 3.05) is 6.61 Å². The van der Waals surface area contributed by atoms with Crippen LogP contribution in [0.1, 0.15) is 41.0 Å². The predicted molar refractivity (Wildman–Crippen MR) is 46.3 cm³/mol. The molecule has 1 unspecified atom stereocenters. The Morgan fingerprint density at radius 3 is 1.91 bits per heavy atom. The summed E-state index contributed by atoms with van der Waals surface area (Å²) in [4.78, 5) is 0. The number of hydrogen-bond donors (Lipinski definition) is 1. The molecule has 1 N–H and O–H groups in total. The lowest BCUT2D eigenvalue weighted by atomic mass is 9.98. The smallest absolute Gasteiger partial charge is 0.162 e. The van der Waals surface area contributed by atoms with Crippen molar-refractivity contribution in [1.82, 2.24) is 0 Å². The topological polar surface area (TPSA) is 29.5 Å². The first-order valence-corrected chi connectivity index (χ1v) is 4.13. The van der Waals surface area contributed by atoms with Crippen molar-refractivity contribution in [1.29, 1.82) is 0 Å². The molecule has 0 aromatic heterocycles. The van der Waals surface area contributed by atoms with Gasteiger partial charge >= 0.3 is 0 Å². The lowest BCUT2D eigenvalue weighted by molar-refractivity contribution is -0.204. The first kappa shape index (κ1) is 10.9. The third-order valence-electron chi connectivity index (χ3n) is 1.47. The molecule has 1 atom stereocenters. The summed E-state index contributed by atoms with van der Waals surface area (Å²) in [7, 11) is 0. The highest BCUT2D eigenvalue weighted by atomic mass is 16.6. The van der Waals surface area contributed by atoms with Crippen LogP contribution in [0.3, 0.4) is 0 Å². The van der Waals surface area contributed by atoms with Gasteiger partial charge in [-0.2, -0.15) is 0 Å². The Bertz CT molecular complexity index is 111. The first-order valence-electron chi connectivity index (χ1n) is 4.13. The van der Waals surface area contributed by atoms with E-state index in [4.69, 9.17) is 4.74 Å². The maximum absolute atomic E-state index is 9.46. The van der Waals surface area contributed by atoms with Crippen LogP contribution < -0.4 is 0 Å². The van der Waals surface area contributed by atoms with Crippen LogP contribution >= 0.6 is 0 Å². The molecule has 0 heterocycles. The Balaban J connectivity index is 3.70. The van der Waals surface area contributed by atoms with E-state index in [0.717, 1.165) is 0 Å². The molecule has 0 radical (unpaired) electrons. The normalized spacial score (nSPS) is 18.0. The van der Waals surface area contributed by atoms with Gasteiger partial charge in [0.1, 0.15) is 0 Å². The molecule has 0 aliphatic heterocycles. The number of rotatable bonds is 3. The molecule has 2 heteroatoms. The van der Waals surface area contributed by atoms with Crippen molar-refractivity contribution in [2.24, 2.45) is 5.41 Å². The zero-order valence-corrected chi connectivity index (χ0v) is 8.27. The van der Waals surface area contributed by atoms with Crippen molar-refractivity contribution in [3.63, 3.8) is 0 Å². The Morgan fingerprint density at radius 1 is 1.18 bits per heavy atom. The van der Waals surface area contributed by atoms with E-state index in [0.29, 0.717) is 13.0 Å². The van der Waals surface area contributed by atoms with Gasteiger partial charge in [-0.15, -0.1) is 0 Å². The maximum atomic E-state index is 9.46. The highest BCUT2D eigenvalue weighted by Crippen LogP contribution is 2.18. The van der Waals surface area contributed by atoms with Gasteiger partial charge in [0.25, 0.3) is 0 Å². The minimum absolute atomic E-state index is 0.124. The third kappa shape index (κ3) is 6.32. The van der Waals surface area contributed by atoms with E-state index < -0.39 is 5.79 Å². The average Bonchev–Trinajstić information content (AvgIpc) is 1.83. The minimum atomic E-state index is -0.951. The number of hydrogen-bond acceptors (Lipinski definition) is 2.